The number of hydrogen-bond acceptors (Lipinski definition) is 5. The number of rotatable bonds is 2. The Balaban J connectivity index is 1.40. The lowest BCUT2D eigenvalue weighted by Crippen LogP contribution is -2.00. The van der Waals surface area contributed by atoms with E-state index in [2.05, 4.69) is 24.3 Å². The highest BCUT2D eigenvalue weighted by Gasteiger charge is 2.20. The van der Waals surface area contributed by atoms with Gasteiger partial charge in [0.25, 0.3) is 0 Å². The first kappa shape index (κ1) is 21.1. The Morgan fingerprint density at radius 3 is 1.81 bits per heavy atom. The molecule has 0 radical (unpaired) electrons. The second-order valence-corrected chi connectivity index (χ2v) is 9.11. The van der Waals surface area contributed by atoms with Crippen molar-refractivity contribution in [1.82, 2.24) is 0 Å². The fraction of sp³-hybridized carbons (Fsp3) is 0. The van der Waals surface area contributed by atoms with E-state index in [0.717, 1.165) is 73.6 Å². The molecule has 5 heterocycles. The summed E-state index contributed by atoms with van der Waals surface area (Å²) in [4.78, 5) is 19.4. The Morgan fingerprint density at radius 2 is 1.08 bits per heavy atom. The molecule has 174 valence electrons. The van der Waals surface area contributed by atoms with Crippen molar-refractivity contribution in [2.24, 2.45) is 20.0 Å². The zero-order valence-electron chi connectivity index (χ0n) is 19.8. The summed E-state index contributed by atoms with van der Waals surface area (Å²) >= 11 is 0. The Hall–Kier alpha value is -5.16. The van der Waals surface area contributed by atoms with Crippen molar-refractivity contribution in [1.29, 1.82) is 0 Å². The minimum atomic E-state index is 0.747. The van der Waals surface area contributed by atoms with Gasteiger partial charge in [0.1, 0.15) is 0 Å². The average molecular weight is 476 g/mol. The number of nitrogen functional groups attached to an aromatic ring is 1. The summed E-state index contributed by atoms with van der Waals surface area (Å²) in [7, 11) is 0. The Labute approximate surface area is 214 Å². The van der Waals surface area contributed by atoms with Crippen LogP contribution in [0.3, 0.4) is 0 Å². The SMILES string of the molecule is Nc1ccc(-c2cccc(C3=C4C=CC(=N4)C=C4C=CC(=N4)C=C4C=CC(=N4)C=C4C=CC3=N4)c2)cc1. The van der Waals surface area contributed by atoms with Gasteiger partial charge in [0.05, 0.1) is 45.6 Å². The molecule has 0 aliphatic carbocycles. The van der Waals surface area contributed by atoms with Crippen LogP contribution in [0.4, 0.5) is 5.69 Å². The molecule has 5 aliphatic rings. The van der Waals surface area contributed by atoms with Crippen molar-refractivity contribution in [3.05, 3.63) is 144 Å². The molecule has 0 saturated carbocycles. The highest BCUT2D eigenvalue weighted by molar-refractivity contribution is 6.32. The molecule has 0 amide bonds. The quantitative estimate of drug-likeness (QED) is 0.505. The van der Waals surface area contributed by atoms with Gasteiger partial charge in [-0.15, -0.1) is 0 Å². The van der Waals surface area contributed by atoms with E-state index in [1.54, 1.807) is 0 Å². The van der Waals surface area contributed by atoms with Crippen LogP contribution in [0.5, 0.6) is 0 Å². The predicted molar refractivity (Wildman–Crippen MR) is 154 cm³/mol. The molecule has 2 N–H and O–H groups in total. The standard InChI is InChI=1S/C32H21N5/c33-23-6-4-20(5-7-23)21-2-1-3-22(16-21)32-30-14-12-28(36-30)18-26-10-8-24(34-26)17-25-9-11-27(35-25)19-29-13-15-31(32)37-29/h1-19H,33H2. The topological polar surface area (TPSA) is 75.5 Å². The highest BCUT2D eigenvalue weighted by Crippen LogP contribution is 2.32. The molecule has 7 rings (SSSR count). The van der Waals surface area contributed by atoms with E-state index < -0.39 is 0 Å². The maximum absolute atomic E-state index is 5.91. The van der Waals surface area contributed by atoms with Crippen molar-refractivity contribution in [3.63, 3.8) is 0 Å². The molecule has 37 heavy (non-hydrogen) atoms. The third kappa shape index (κ3) is 4.13. The van der Waals surface area contributed by atoms with Crippen molar-refractivity contribution in [3.8, 4) is 11.1 Å². The van der Waals surface area contributed by atoms with Crippen LogP contribution < -0.4 is 5.73 Å². The number of nitrogens with zero attached hydrogens (tertiary/aromatic N) is 4. The monoisotopic (exact) mass is 475 g/mol. The van der Waals surface area contributed by atoms with Crippen LogP contribution in [0.1, 0.15) is 5.56 Å². The number of nitrogens with two attached hydrogens (primary N) is 1. The first-order valence-corrected chi connectivity index (χ1v) is 12.1. The molecule has 2 aromatic rings. The summed E-state index contributed by atoms with van der Waals surface area (Å²) in [5, 5.41) is 0. The Kier molecular flexibility index (Phi) is 4.86. The summed E-state index contributed by atoms with van der Waals surface area (Å²) in [6.45, 7) is 0. The van der Waals surface area contributed by atoms with Crippen molar-refractivity contribution < 1.29 is 0 Å². The Morgan fingerprint density at radius 1 is 0.486 bits per heavy atom. The zero-order valence-corrected chi connectivity index (χ0v) is 19.8. The number of fused-ring (bicyclic) bond motifs is 4. The fourth-order valence-electron chi connectivity index (χ4n) is 4.72. The number of benzene rings is 2. The van der Waals surface area contributed by atoms with E-state index in [9.17, 15) is 0 Å². The highest BCUT2D eigenvalue weighted by atomic mass is 14.8. The second kappa shape index (κ2) is 8.50. The molecule has 5 nitrogen and oxygen atoms in total. The van der Waals surface area contributed by atoms with Gasteiger partial charge in [-0.3, -0.25) is 0 Å². The van der Waals surface area contributed by atoms with E-state index in [4.69, 9.17) is 25.7 Å². The van der Waals surface area contributed by atoms with Gasteiger partial charge >= 0.3 is 0 Å². The summed E-state index contributed by atoms with van der Waals surface area (Å²) in [6, 6.07) is 16.4. The molecule has 2 aromatic carbocycles. The molecule has 5 aliphatic heterocycles. The summed E-state index contributed by atoms with van der Waals surface area (Å²) < 4.78 is 0. The van der Waals surface area contributed by atoms with Gasteiger partial charge in [0.15, 0.2) is 0 Å². The van der Waals surface area contributed by atoms with E-state index in [0.29, 0.717) is 0 Å². The molecule has 0 atom stereocenters. The lowest BCUT2D eigenvalue weighted by atomic mass is 9.95. The zero-order chi connectivity index (χ0) is 24.8. The molecule has 0 spiro atoms. The van der Waals surface area contributed by atoms with Gasteiger partial charge in [-0.05, 0) is 102 Å². The van der Waals surface area contributed by atoms with E-state index >= 15 is 0 Å². The minimum absolute atomic E-state index is 0.747. The van der Waals surface area contributed by atoms with Crippen LogP contribution in [0.25, 0.3) is 16.7 Å². The summed E-state index contributed by atoms with van der Waals surface area (Å²) in [6.07, 6.45) is 22.1. The average Bonchev–Trinajstić information content (AvgIpc) is 3.71. The largest absolute Gasteiger partial charge is 0.399 e. The van der Waals surface area contributed by atoms with Crippen LogP contribution in [0.15, 0.2) is 158 Å². The van der Waals surface area contributed by atoms with Gasteiger partial charge in [-0.25, -0.2) is 20.0 Å². The van der Waals surface area contributed by atoms with Crippen LogP contribution >= 0.6 is 0 Å². The maximum atomic E-state index is 5.91. The Bertz CT molecular complexity index is 1740. The lowest BCUT2D eigenvalue weighted by Gasteiger charge is -2.11. The number of hydrogen-bond donors (Lipinski definition) is 1. The molecule has 8 bridgehead atoms. The third-order valence-corrected chi connectivity index (χ3v) is 6.48. The number of allylic oxidation sites excluding steroid dienone is 12. The predicted octanol–water partition coefficient (Wildman–Crippen LogP) is 6.36. The van der Waals surface area contributed by atoms with Gasteiger partial charge < -0.3 is 5.73 Å². The van der Waals surface area contributed by atoms with Crippen molar-refractivity contribution >= 4 is 34.1 Å². The molecule has 0 saturated heterocycles. The molecule has 0 unspecified atom stereocenters. The van der Waals surface area contributed by atoms with Crippen molar-refractivity contribution in [2.45, 2.75) is 0 Å². The van der Waals surface area contributed by atoms with E-state index in [1.165, 1.54) is 0 Å². The van der Waals surface area contributed by atoms with E-state index in [1.807, 2.05) is 91.1 Å². The molecule has 0 fully saturated rings. The van der Waals surface area contributed by atoms with Gasteiger partial charge in [0.2, 0.25) is 0 Å². The number of anilines is 1. The number of aliphatic imine (C=N–C) groups is 4. The van der Waals surface area contributed by atoms with Crippen LogP contribution in [-0.2, 0) is 0 Å². The first-order valence-electron chi connectivity index (χ1n) is 12.1. The maximum Gasteiger partial charge on any atom is 0.0737 e. The molecular formula is C32H21N5. The molecule has 5 heteroatoms. The smallest absolute Gasteiger partial charge is 0.0737 e. The minimum Gasteiger partial charge on any atom is -0.399 e. The van der Waals surface area contributed by atoms with Crippen LogP contribution in [0, 0.1) is 0 Å². The van der Waals surface area contributed by atoms with Gasteiger partial charge in [-0.1, -0.05) is 30.3 Å². The second-order valence-electron chi connectivity index (χ2n) is 9.11. The van der Waals surface area contributed by atoms with Gasteiger partial charge in [-0.2, -0.15) is 0 Å². The van der Waals surface area contributed by atoms with Crippen LogP contribution in [0.2, 0.25) is 0 Å². The van der Waals surface area contributed by atoms with Gasteiger partial charge in [0, 0.05) is 11.3 Å². The third-order valence-electron chi connectivity index (χ3n) is 6.48. The van der Waals surface area contributed by atoms with Crippen molar-refractivity contribution in [2.75, 3.05) is 5.73 Å². The summed E-state index contributed by atoms with van der Waals surface area (Å²) in [5.41, 5.74) is 17.8. The van der Waals surface area contributed by atoms with E-state index in [-0.39, 0.29) is 0 Å². The molecule has 0 aromatic heterocycles. The fourth-order valence-corrected chi connectivity index (χ4v) is 4.72. The normalized spacial score (nSPS) is 19.0. The first-order chi connectivity index (χ1) is 18.2. The molecular weight excluding hydrogens is 454 g/mol. The lowest BCUT2D eigenvalue weighted by molar-refractivity contribution is 1.41. The summed E-state index contributed by atoms with van der Waals surface area (Å²) in [5.74, 6) is 0. The van der Waals surface area contributed by atoms with Crippen LogP contribution in [-0.4, -0.2) is 22.8 Å².